The van der Waals surface area contributed by atoms with Gasteiger partial charge in [0, 0.05) is 6.07 Å². The Balaban J connectivity index is 2.11. The molecule has 2 rings (SSSR count). The summed E-state index contributed by atoms with van der Waals surface area (Å²) >= 11 is 0. The van der Waals surface area contributed by atoms with Gasteiger partial charge in [-0.1, -0.05) is 24.3 Å². The Morgan fingerprint density at radius 2 is 1.67 bits per heavy atom. The third-order valence-corrected chi connectivity index (χ3v) is 2.76. The average Bonchev–Trinajstić information content (AvgIpc) is 2.38. The van der Waals surface area contributed by atoms with E-state index in [9.17, 15) is 0 Å². The molecule has 0 saturated heterocycles. The van der Waals surface area contributed by atoms with Crippen molar-refractivity contribution in [2.45, 2.75) is 20.5 Å². The number of methoxy groups -OCH3 is 1. The number of pyridine rings is 1. The van der Waals surface area contributed by atoms with Crippen LogP contribution in [0.15, 0.2) is 36.4 Å². The molecular formula is C15H17NO2. The summed E-state index contributed by atoms with van der Waals surface area (Å²) in [7, 11) is 1.61. The van der Waals surface area contributed by atoms with Gasteiger partial charge in [-0.2, -0.15) is 0 Å². The fourth-order valence-electron chi connectivity index (χ4n) is 1.82. The van der Waals surface area contributed by atoms with Crippen molar-refractivity contribution in [1.82, 2.24) is 4.98 Å². The van der Waals surface area contributed by atoms with E-state index >= 15 is 0 Å². The Hall–Kier alpha value is -2.03. The van der Waals surface area contributed by atoms with Crippen molar-refractivity contribution in [2.24, 2.45) is 0 Å². The Morgan fingerprint density at radius 3 is 2.33 bits per heavy atom. The fraction of sp³-hybridized carbons (Fsp3) is 0.267. The lowest BCUT2D eigenvalue weighted by molar-refractivity contribution is 0.294. The van der Waals surface area contributed by atoms with Crippen LogP contribution in [0.25, 0.3) is 0 Å². The molecule has 0 aliphatic carbocycles. The molecule has 1 aromatic heterocycles. The highest BCUT2D eigenvalue weighted by atomic mass is 16.5. The van der Waals surface area contributed by atoms with Crippen LogP contribution in [-0.4, -0.2) is 12.1 Å². The second-order valence-electron chi connectivity index (χ2n) is 4.18. The minimum Gasteiger partial charge on any atom is -0.487 e. The Labute approximate surface area is 107 Å². The van der Waals surface area contributed by atoms with E-state index in [2.05, 4.69) is 4.98 Å². The predicted octanol–water partition coefficient (Wildman–Crippen LogP) is 3.29. The highest BCUT2D eigenvalue weighted by Gasteiger charge is 2.04. The summed E-state index contributed by atoms with van der Waals surface area (Å²) in [5, 5.41) is 0. The molecule has 3 heteroatoms. The summed E-state index contributed by atoms with van der Waals surface area (Å²) in [6.45, 7) is 4.53. The van der Waals surface area contributed by atoms with Crippen molar-refractivity contribution in [1.29, 1.82) is 0 Å². The maximum absolute atomic E-state index is 5.84. The number of aryl methyl sites for hydroxylation is 2. The number of hydrogen-bond acceptors (Lipinski definition) is 3. The van der Waals surface area contributed by atoms with Crippen molar-refractivity contribution in [3.63, 3.8) is 0 Å². The van der Waals surface area contributed by atoms with Gasteiger partial charge in [-0.15, -0.1) is 0 Å². The van der Waals surface area contributed by atoms with Gasteiger partial charge in [-0.05, 0) is 31.0 Å². The lowest BCUT2D eigenvalue weighted by atomic mass is 10.1. The van der Waals surface area contributed by atoms with Crippen LogP contribution in [0, 0.1) is 13.8 Å². The normalized spacial score (nSPS) is 10.2. The zero-order valence-electron chi connectivity index (χ0n) is 10.9. The molecule has 3 nitrogen and oxygen atoms in total. The van der Waals surface area contributed by atoms with E-state index in [4.69, 9.17) is 9.47 Å². The van der Waals surface area contributed by atoms with Crippen LogP contribution in [0.3, 0.4) is 0 Å². The minimum absolute atomic E-state index is 0.447. The molecule has 0 bridgehead atoms. The van der Waals surface area contributed by atoms with Gasteiger partial charge in [0.25, 0.3) is 0 Å². The summed E-state index contributed by atoms with van der Waals surface area (Å²) in [5.41, 5.74) is 3.13. The molecule has 94 valence electrons. The summed E-state index contributed by atoms with van der Waals surface area (Å²) in [5.74, 6) is 1.54. The summed E-state index contributed by atoms with van der Waals surface area (Å²) in [4.78, 5) is 4.32. The van der Waals surface area contributed by atoms with E-state index in [-0.39, 0.29) is 0 Å². The number of para-hydroxylation sites is 1. The van der Waals surface area contributed by atoms with Crippen molar-refractivity contribution in [3.8, 4) is 11.6 Å². The average molecular weight is 243 g/mol. The van der Waals surface area contributed by atoms with Gasteiger partial charge in [0.2, 0.25) is 5.88 Å². The van der Waals surface area contributed by atoms with Gasteiger partial charge in [0.05, 0.1) is 12.8 Å². The van der Waals surface area contributed by atoms with Gasteiger partial charge < -0.3 is 9.47 Å². The third-order valence-electron chi connectivity index (χ3n) is 2.76. The number of rotatable bonds is 4. The van der Waals surface area contributed by atoms with Crippen LogP contribution < -0.4 is 9.47 Å². The Morgan fingerprint density at radius 1 is 1.00 bits per heavy atom. The number of nitrogens with zero attached hydrogens (tertiary/aromatic N) is 1. The first-order valence-corrected chi connectivity index (χ1v) is 5.89. The SMILES string of the molecule is COc1cccc(COc2c(C)cccc2C)n1. The molecule has 0 aliphatic rings. The van der Waals surface area contributed by atoms with Gasteiger partial charge in [-0.3, -0.25) is 0 Å². The number of ether oxygens (including phenoxy) is 2. The van der Waals surface area contributed by atoms with E-state index in [0.717, 1.165) is 22.6 Å². The van der Waals surface area contributed by atoms with Gasteiger partial charge in [0.1, 0.15) is 12.4 Å². The molecule has 18 heavy (non-hydrogen) atoms. The fourth-order valence-corrected chi connectivity index (χ4v) is 1.82. The zero-order valence-corrected chi connectivity index (χ0v) is 10.9. The standard InChI is InChI=1S/C15H17NO2/c1-11-6-4-7-12(2)15(11)18-10-13-8-5-9-14(16-13)17-3/h4-9H,10H2,1-3H3. The molecule has 0 N–H and O–H groups in total. The number of aromatic nitrogens is 1. The van der Waals surface area contributed by atoms with E-state index in [1.54, 1.807) is 7.11 Å². The largest absolute Gasteiger partial charge is 0.487 e. The van der Waals surface area contributed by atoms with Crippen LogP contribution in [0.5, 0.6) is 11.6 Å². The summed E-state index contributed by atoms with van der Waals surface area (Å²) < 4.78 is 10.9. The quantitative estimate of drug-likeness (QED) is 0.825. The lowest BCUT2D eigenvalue weighted by Crippen LogP contribution is -2.01. The van der Waals surface area contributed by atoms with E-state index in [1.165, 1.54) is 0 Å². The van der Waals surface area contributed by atoms with Gasteiger partial charge in [-0.25, -0.2) is 4.98 Å². The second-order valence-corrected chi connectivity index (χ2v) is 4.18. The first-order valence-electron chi connectivity index (χ1n) is 5.89. The molecule has 0 amide bonds. The van der Waals surface area contributed by atoms with Crippen molar-refractivity contribution >= 4 is 0 Å². The van der Waals surface area contributed by atoms with Crippen molar-refractivity contribution < 1.29 is 9.47 Å². The molecule has 0 aliphatic heterocycles. The second kappa shape index (κ2) is 5.54. The van der Waals surface area contributed by atoms with Crippen molar-refractivity contribution in [3.05, 3.63) is 53.2 Å². The van der Waals surface area contributed by atoms with E-state index in [1.807, 2.05) is 50.2 Å². The Kier molecular flexibility index (Phi) is 3.82. The van der Waals surface area contributed by atoms with Gasteiger partial charge >= 0.3 is 0 Å². The molecular weight excluding hydrogens is 226 g/mol. The molecule has 0 unspecified atom stereocenters. The monoisotopic (exact) mass is 243 g/mol. The van der Waals surface area contributed by atoms with Crippen LogP contribution >= 0.6 is 0 Å². The van der Waals surface area contributed by atoms with Crippen molar-refractivity contribution in [2.75, 3.05) is 7.11 Å². The topological polar surface area (TPSA) is 31.4 Å². The molecule has 0 atom stereocenters. The molecule has 2 aromatic rings. The van der Waals surface area contributed by atoms with E-state index in [0.29, 0.717) is 12.5 Å². The molecule has 1 aromatic carbocycles. The zero-order chi connectivity index (χ0) is 13.0. The van der Waals surface area contributed by atoms with Crippen LogP contribution in [0.4, 0.5) is 0 Å². The molecule has 1 heterocycles. The van der Waals surface area contributed by atoms with Gasteiger partial charge in [0.15, 0.2) is 0 Å². The first-order chi connectivity index (χ1) is 8.70. The maximum Gasteiger partial charge on any atom is 0.213 e. The summed E-state index contributed by atoms with van der Waals surface area (Å²) in [6, 6.07) is 11.8. The highest BCUT2D eigenvalue weighted by Crippen LogP contribution is 2.23. The third kappa shape index (κ3) is 2.80. The van der Waals surface area contributed by atoms with Crippen LogP contribution in [-0.2, 0) is 6.61 Å². The highest BCUT2D eigenvalue weighted by molar-refractivity contribution is 5.39. The predicted molar refractivity (Wildman–Crippen MR) is 71.0 cm³/mol. The molecule has 0 radical (unpaired) electrons. The van der Waals surface area contributed by atoms with E-state index < -0.39 is 0 Å². The first kappa shape index (κ1) is 12.4. The molecule has 0 fully saturated rings. The lowest BCUT2D eigenvalue weighted by Gasteiger charge is -2.11. The summed E-state index contributed by atoms with van der Waals surface area (Å²) in [6.07, 6.45) is 0. The smallest absolute Gasteiger partial charge is 0.213 e. The van der Waals surface area contributed by atoms with Crippen LogP contribution in [0.2, 0.25) is 0 Å². The number of hydrogen-bond donors (Lipinski definition) is 0. The number of benzene rings is 1. The minimum atomic E-state index is 0.447. The molecule has 0 spiro atoms. The maximum atomic E-state index is 5.84. The Bertz CT molecular complexity index is 518. The van der Waals surface area contributed by atoms with Crippen LogP contribution in [0.1, 0.15) is 16.8 Å². The molecule has 0 saturated carbocycles.